The molecule has 0 unspecified atom stereocenters. The van der Waals surface area contributed by atoms with E-state index in [4.69, 9.17) is 4.74 Å². The maximum Gasteiger partial charge on any atom is 0.254 e. The maximum absolute atomic E-state index is 13.4. The van der Waals surface area contributed by atoms with Crippen LogP contribution in [0.2, 0.25) is 0 Å². The highest BCUT2D eigenvalue weighted by atomic mass is 16.5. The lowest BCUT2D eigenvalue weighted by molar-refractivity contribution is 0.0589. The number of para-hydroxylation sites is 1. The molecule has 5 rings (SSSR count). The molecule has 2 saturated heterocycles. The lowest BCUT2D eigenvalue weighted by Gasteiger charge is -2.39. The number of benzene rings is 3. The molecule has 0 saturated carbocycles. The monoisotopic (exact) mass is 456 g/mol. The first-order valence-corrected chi connectivity index (χ1v) is 12.7. The van der Waals surface area contributed by atoms with Crippen LogP contribution in [0.15, 0.2) is 66.7 Å². The van der Waals surface area contributed by atoms with Crippen LogP contribution in [0.25, 0.3) is 10.8 Å². The fourth-order valence-corrected chi connectivity index (χ4v) is 5.61. The molecule has 4 heteroatoms. The van der Waals surface area contributed by atoms with E-state index in [1.165, 1.54) is 12.0 Å². The smallest absolute Gasteiger partial charge is 0.254 e. The summed E-state index contributed by atoms with van der Waals surface area (Å²) in [4.78, 5) is 18.0. The second-order valence-electron chi connectivity index (χ2n) is 10.6. The van der Waals surface area contributed by atoms with Gasteiger partial charge < -0.3 is 9.64 Å². The molecule has 0 aromatic heterocycles. The summed E-state index contributed by atoms with van der Waals surface area (Å²) in [7, 11) is 0. The van der Waals surface area contributed by atoms with Crippen LogP contribution in [-0.2, 0) is 6.54 Å². The van der Waals surface area contributed by atoms with Gasteiger partial charge in [-0.25, -0.2) is 0 Å². The van der Waals surface area contributed by atoms with Crippen molar-refractivity contribution in [3.63, 3.8) is 0 Å². The summed E-state index contributed by atoms with van der Waals surface area (Å²) in [6.45, 7) is 10.00. The molecular formula is C30H36N2O2. The standard InChI is InChI=1S/C30H36N2O2/c1-23(2)21-34-28-13-6-4-9-25(28)20-31-17-14-30(22-31)15-18-32(19-16-30)29(33)27-12-7-10-24-8-3-5-11-26(24)27/h3-13,23H,14-22H2,1-2H3. The second kappa shape index (κ2) is 9.79. The van der Waals surface area contributed by atoms with Crippen molar-refractivity contribution in [3.8, 4) is 5.75 Å². The van der Waals surface area contributed by atoms with E-state index in [-0.39, 0.29) is 5.91 Å². The van der Waals surface area contributed by atoms with Gasteiger partial charge in [0, 0.05) is 37.3 Å². The number of hydrogen-bond donors (Lipinski definition) is 0. The van der Waals surface area contributed by atoms with Gasteiger partial charge in [0.15, 0.2) is 0 Å². The molecule has 178 valence electrons. The summed E-state index contributed by atoms with van der Waals surface area (Å²) in [5.74, 6) is 1.72. The van der Waals surface area contributed by atoms with Gasteiger partial charge in [-0.05, 0) is 60.0 Å². The van der Waals surface area contributed by atoms with Crippen molar-refractivity contribution in [2.45, 2.75) is 39.7 Å². The fraction of sp³-hybridized carbons (Fsp3) is 0.433. The van der Waals surface area contributed by atoms with Crippen LogP contribution in [0.5, 0.6) is 5.75 Å². The molecule has 1 spiro atoms. The minimum atomic E-state index is 0.178. The van der Waals surface area contributed by atoms with Crippen LogP contribution in [0, 0.1) is 11.3 Å². The van der Waals surface area contributed by atoms with Crippen LogP contribution < -0.4 is 4.74 Å². The normalized spacial score (nSPS) is 18.1. The number of hydrogen-bond acceptors (Lipinski definition) is 3. The van der Waals surface area contributed by atoms with Crippen LogP contribution >= 0.6 is 0 Å². The average Bonchev–Trinajstić information content (AvgIpc) is 3.24. The number of carbonyl (C=O) groups is 1. The predicted octanol–water partition coefficient (Wildman–Crippen LogP) is 6.00. The number of amides is 1. The molecule has 2 aliphatic heterocycles. The van der Waals surface area contributed by atoms with Gasteiger partial charge in [0.2, 0.25) is 0 Å². The summed E-state index contributed by atoms with van der Waals surface area (Å²) < 4.78 is 6.09. The zero-order valence-electron chi connectivity index (χ0n) is 20.5. The largest absolute Gasteiger partial charge is 0.493 e. The molecule has 0 radical (unpaired) electrons. The third kappa shape index (κ3) is 4.83. The Bertz CT molecular complexity index is 1140. The van der Waals surface area contributed by atoms with Gasteiger partial charge in [-0.15, -0.1) is 0 Å². The maximum atomic E-state index is 13.4. The van der Waals surface area contributed by atoms with Crippen molar-refractivity contribution in [2.75, 3.05) is 32.8 Å². The van der Waals surface area contributed by atoms with Crippen molar-refractivity contribution in [1.82, 2.24) is 9.80 Å². The summed E-state index contributed by atoms with van der Waals surface area (Å²) in [6.07, 6.45) is 3.40. The van der Waals surface area contributed by atoms with Gasteiger partial charge in [0.1, 0.15) is 5.75 Å². The molecule has 2 aliphatic rings. The molecule has 0 N–H and O–H groups in total. The van der Waals surface area contributed by atoms with Gasteiger partial charge >= 0.3 is 0 Å². The summed E-state index contributed by atoms with van der Waals surface area (Å²) in [5, 5.41) is 2.19. The number of piperidine rings is 1. The van der Waals surface area contributed by atoms with E-state index in [1.54, 1.807) is 0 Å². The van der Waals surface area contributed by atoms with E-state index in [1.807, 2.05) is 24.3 Å². The van der Waals surface area contributed by atoms with Crippen molar-refractivity contribution in [2.24, 2.45) is 11.3 Å². The SMILES string of the molecule is CC(C)COc1ccccc1CN1CCC2(CCN(C(=O)c3cccc4ccccc34)CC2)C1. The minimum Gasteiger partial charge on any atom is -0.493 e. The summed E-state index contributed by atoms with van der Waals surface area (Å²) >= 11 is 0. The Labute approximate surface area is 203 Å². The van der Waals surface area contributed by atoms with Crippen molar-refractivity contribution >= 4 is 16.7 Å². The second-order valence-corrected chi connectivity index (χ2v) is 10.6. The van der Waals surface area contributed by atoms with Crippen molar-refractivity contribution in [3.05, 3.63) is 77.9 Å². The highest BCUT2D eigenvalue weighted by Gasteiger charge is 2.41. The quantitative estimate of drug-likeness (QED) is 0.456. The van der Waals surface area contributed by atoms with Crippen molar-refractivity contribution < 1.29 is 9.53 Å². The molecule has 34 heavy (non-hydrogen) atoms. The molecule has 2 fully saturated rings. The number of nitrogens with zero attached hydrogens (tertiary/aromatic N) is 2. The zero-order chi connectivity index (χ0) is 23.5. The van der Waals surface area contributed by atoms with E-state index >= 15 is 0 Å². The fourth-order valence-electron chi connectivity index (χ4n) is 5.61. The Balaban J connectivity index is 1.21. The molecule has 2 heterocycles. The third-order valence-electron chi connectivity index (χ3n) is 7.59. The Morgan fingerprint density at radius 1 is 0.912 bits per heavy atom. The molecule has 1 amide bonds. The Hall–Kier alpha value is -2.85. The number of ether oxygens (including phenoxy) is 1. The molecular weight excluding hydrogens is 420 g/mol. The van der Waals surface area contributed by atoms with Gasteiger partial charge in [-0.2, -0.15) is 0 Å². The topological polar surface area (TPSA) is 32.8 Å². The number of rotatable bonds is 6. The number of likely N-dealkylation sites (tertiary alicyclic amines) is 2. The van der Waals surface area contributed by atoms with Crippen LogP contribution in [0.4, 0.5) is 0 Å². The Morgan fingerprint density at radius 3 is 2.44 bits per heavy atom. The first-order chi connectivity index (χ1) is 16.5. The first kappa shape index (κ1) is 22.9. The average molecular weight is 457 g/mol. The third-order valence-corrected chi connectivity index (χ3v) is 7.59. The van der Waals surface area contributed by atoms with Gasteiger partial charge in [0.05, 0.1) is 6.61 Å². The molecule has 3 aromatic carbocycles. The van der Waals surface area contributed by atoms with E-state index in [0.717, 1.165) is 74.3 Å². The minimum absolute atomic E-state index is 0.178. The van der Waals surface area contributed by atoms with Crippen LogP contribution in [-0.4, -0.2) is 48.5 Å². The van der Waals surface area contributed by atoms with E-state index in [0.29, 0.717) is 11.3 Å². The van der Waals surface area contributed by atoms with E-state index < -0.39 is 0 Å². The van der Waals surface area contributed by atoms with Gasteiger partial charge in [0.25, 0.3) is 5.91 Å². The zero-order valence-corrected chi connectivity index (χ0v) is 20.5. The molecule has 0 atom stereocenters. The summed E-state index contributed by atoms with van der Waals surface area (Å²) in [5.41, 5.74) is 2.45. The lowest BCUT2D eigenvalue weighted by Crippen LogP contribution is -2.44. The van der Waals surface area contributed by atoms with E-state index in [9.17, 15) is 4.79 Å². The lowest BCUT2D eigenvalue weighted by atomic mass is 9.77. The van der Waals surface area contributed by atoms with Crippen LogP contribution in [0.1, 0.15) is 49.0 Å². The Kier molecular flexibility index (Phi) is 6.60. The molecule has 4 nitrogen and oxygen atoms in total. The highest BCUT2D eigenvalue weighted by Crippen LogP contribution is 2.41. The summed E-state index contributed by atoms with van der Waals surface area (Å²) in [6, 6.07) is 22.7. The first-order valence-electron chi connectivity index (χ1n) is 12.7. The Morgan fingerprint density at radius 2 is 1.62 bits per heavy atom. The molecule has 3 aromatic rings. The molecule has 0 bridgehead atoms. The van der Waals surface area contributed by atoms with E-state index in [2.05, 4.69) is 66.1 Å². The highest BCUT2D eigenvalue weighted by molar-refractivity contribution is 6.07. The van der Waals surface area contributed by atoms with Crippen LogP contribution in [0.3, 0.4) is 0 Å². The predicted molar refractivity (Wildman–Crippen MR) is 138 cm³/mol. The van der Waals surface area contributed by atoms with Gasteiger partial charge in [-0.1, -0.05) is 68.4 Å². The van der Waals surface area contributed by atoms with Gasteiger partial charge in [-0.3, -0.25) is 9.69 Å². The van der Waals surface area contributed by atoms with Crippen molar-refractivity contribution in [1.29, 1.82) is 0 Å². The number of fused-ring (bicyclic) bond motifs is 1. The molecule has 0 aliphatic carbocycles. The number of carbonyl (C=O) groups excluding carboxylic acids is 1.